The van der Waals surface area contributed by atoms with Gasteiger partial charge in [0.2, 0.25) is 0 Å². The van der Waals surface area contributed by atoms with Crippen LogP contribution in [-0.2, 0) is 6.54 Å². The van der Waals surface area contributed by atoms with Gasteiger partial charge < -0.3 is 4.90 Å². The van der Waals surface area contributed by atoms with Crippen LogP contribution in [0.15, 0.2) is 18.5 Å². The minimum Gasteiger partial charge on any atom is -0.302 e. The molecule has 12 heavy (non-hydrogen) atoms. The molecule has 0 aliphatic carbocycles. The van der Waals surface area contributed by atoms with Gasteiger partial charge in [-0.1, -0.05) is 13.8 Å². The SMILES string of the molecule is CC.CN(C)Cc1ncccn1. The Balaban J connectivity index is 0.000000561. The van der Waals surface area contributed by atoms with Crippen molar-refractivity contribution in [1.82, 2.24) is 14.9 Å². The van der Waals surface area contributed by atoms with E-state index in [-0.39, 0.29) is 0 Å². The van der Waals surface area contributed by atoms with Gasteiger partial charge >= 0.3 is 0 Å². The number of rotatable bonds is 2. The number of hydrogen-bond donors (Lipinski definition) is 0. The maximum Gasteiger partial charge on any atom is 0.142 e. The first-order valence-electron chi connectivity index (χ1n) is 4.19. The molecule has 1 heterocycles. The molecule has 0 amide bonds. The lowest BCUT2D eigenvalue weighted by atomic mass is 10.5. The van der Waals surface area contributed by atoms with Crippen LogP contribution < -0.4 is 0 Å². The van der Waals surface area contributed by atoms with Crippen LogP contribution in [0.25, 0.3) is 0 Å². The predicted molar refractivity (Wildman–Crippen MR) is 50.8 cm³/mol. The summed E-state index contributed by atoms with van der Waals surface area (Å²) in [5, 5.41) is 0. The van der Waals surface area contributed by atoms with Crippen LogP contribution in [0, 0.1) is 0 Å². The third-order valence-corrected chi connectivity index (χ3v) is 1.08. The van der Waals surface area contributed by atoms with Crippen LogP contribution in [0.5, 0.6) is 0 Å². The Hall–Kier alpha value is -0.960. The fourth-order valence-corrected chi connectivity index (χ4v) is 0.694. The van der Waals surface area contributed by atoms with E-state index in [1.807, 2.05) is 38.9 Å². The van der Waals surface area contributed by atoms with Gasteiger partial charge in [0, 0.05) is 12.4 Å². The molecular weight excluding hydrogens is 150 g/mol. The molecule has 1 rings (SSSR count). The van der Waals surface area contributed by atoms with Gasteiger partial charge in [-0.2, -0.15) is 0 Å². The topological polar surface area (TPSA) is 29.0 Å². The summed E-state index contributed by atoms with van der Waals surface area (Å²) >= 11 is 0. The fraction of sp³-hybridized carbons (Fsp3) is 0.556. The lowest BCUT2D eigenvalue weighted by molar-refractivity contribution is 0.390. The Kier molecular flexibility index (Phi) is 6.19. The second-order valence-corrected chi connectivity index (χ2v) is 2.40. The van der Waals surface area contributed by atoms with Gasteiger partial charge in [0.1, 0.15) is 5.82 Å². The summed E-state index contributed by atoms with van der Waals surface area (Å²) in [5.74, 6) is 0.868. The molecule has 0 N–H and O–H groups in total. The van der Waals surface area contributed by atoms with E-state index in [1.165, 1.54) is 0 Å². The van der Waals surface area contributed by atoms with Crippen LogP contribution in [0.1, 0.15) is 19.7 Å². The van der Waals surface area contributed by atoms with Crippen LogP contribution in [0.4, 0.5) is 0 Å². The van der Waals surface area contributed by atoms with E-state index in [9.17, 15) is 0 Å². The average Bonchev–Trinajstić information content (AvgIpc) is 2.08. The second kappa shape index (κ2) is 6.73. The van der Waals surface area contributed by atoms with Crippen molar-refractivity contribution >= 4 is 0 Å². The zero-order valence-electron chi connectivity index (χ0n) is 8.28. The van der Waals surface area contributed by atoms with E-state index in [0.29, 0.717) is 0 Å². The monoisotopic (exact) mass is 167 g/mol. The first-order chi connectivity index (χ1) is 5.79. The predicted octanol–water partition coefficient (Wildman–Crippen LogP) is 1.56. The smallest absolute Gasteiger partial charge is 0.142 e. The summed E-state index contributed by atoms with van der Waals surface area (Å²) in [7, 11) is 3.99. The van der Waals surface area contributed by atoms with E-state index in [1.54, 1.807) is 12.4 Å². The summed E-state index contributed by atoms with van der Waals surface area (Å²) in [6.07, 6.45) is 3.51. The highest BCUT2D eigenvalue weighted by Crippen LogP contribution is 1.89. The van der Waals surface area contributed by atoms with E-state index in [2.05, 4.69) is 9.97 Å². The summed E-state index contributed by atoms with van der Waals surface area (Å²) in [6, 6.07) is 1.82. The quantitative estimate of drug-likeness (QED) is 0.669. The average molecular weight is 167 g/mol. The molecule has 0 saturated carbocycles. The van der Waals surface area contributed by atoms with E-state index in [0.717, 1.165) is 12.4 Å². The summed E-state index contributed by atoms with van der Waals surface area (Å²) in [5.41, 5.74) is 0. The van der Waals surface area contributed by atoms with Crippen molar-refractivity contribution in [1.29, 1.82) is 0 Å². The van der Waals surface area contributed by atoms with Crippen molar-refractivity contribution in [2.75, 3.05) is 14.1 Å². The Morgan fingerprint density at radius 3 is 2.08 bits per heavy atom. The summed E-state index contributed by atoms with van der Waals surface area (Å²) in [4.78, 5) is 10.2. The van der Waals surface area contributed by atoms with Crippen LogP contribution in [-0.4, -0.2) is 29.0 Å². The van der Waals surface area contributed by atoms with Gasteiger partial charge in [-0.25, -0.2) is 9.97 Å². The highest BCUT2D eigenvalue weighted by atomic mass is 15.1. The van der Waals surface area contributed by atoms with Crippen LogP contribution >= 0.6 is 0 Å². The van der Waals surface area contributed by atoms with Crippen LogP contribution in [0.3, 0.4) is 0 Å². The highest BCUT2D eigenvalue weighted by Gasteiger charge is 1.93. The minimum absolute atomic E-state index is 0.806. The Morgan fingerprint density at radius 2 is 1.67 bits per heavy atom. The molecule has 0 aromatic carbocycles. The Bertz CT molecular complexity index is 184. The molecule has 0 fully saturated rings. The molecule has 0 bridgehead atoms. The maximum atomic E-state index is 4.07. The third kappa shape index (κ3) is 4.79. The van der Waals surface area contributed by atoms with E-state index in [4.69, 9.17) is 0 Å². The highest BCUT2D eigenvalue weighted by molar-refractivity contribution is 4.87. The zero-order valence-corrected chi connectivity index (χ0v) is 8.28. The molecule has 0 aliphatic rings. The Labute approximate surface area is 74.5 Å². The molecule has 0 spiro atoms. The molecule has 3 heteroatoms. The molecule has 68 valence electrons. The molecule has 3 nitrogen and oxygen atoms in total. The lowest BCUT2D eigenvalue weighted by Crippen LogP contribution is -2.12. The van der Waals surface area contributed by atoms with Crippen molar-refractivity contribution < 1.29 is 0 Å². The van der Waals surface area contributed by atoms with Gasteiger partial charge in [0.25, 0.3) is 0 Å². The van der Waals surface area contributed by atoms with Crippen molar-refractivity contribution in [2.45, 2.75) is 20.4 Å². The normalized spacial score (nSPS) is 9.08. The van der Waals surface area contributed by atoms with Gasteiger partial charge in [-0.15, -0.1) is 0 Å². The van der Waals surface area contributed by atoms with Crippen molar-refractivity contribution in [3.8, 4) is 0 Å². The van der Waals surface area contributed by atoms with Gasteiger partial charge in [-0.05, 0) is 20.2 Å². The third-order valence-electron chi connectivity index (χ3n) is 1.08. The van der Waals surface area contributed by atoms with Crippen molar-refractivity contribution in [2.24, 2.45) is 0 Å². The van der Waals surface area contributed by atoms with Gasteiger partial charge in [-0.3, -0.25) is 0 Å². The van der Waals surface area contributed by atoms with E-state index < -0.39 is 0 Å². The largest absolute Gasteiger partial charge is 0.302 e. The minimum atomic E-state index is 0.806. The summed E-state index contributed by atoms with van der Waals surface area (Å²) in [6.45, 7) is 4.81. The zero-order chi connectivity index (χ0) is 9.40. The number of aromatic nitrogens is 2. The molecule has 0 unspecified atom stereocenters. The molecular formula is C9H17N3. The molecule has 1 aromatic rings. The Morgan fingerprint density at radius 1 is 1.17 bits per heavy atom. The molecule has 0 aliphatic heterocycles. The first kappa shape index (κ1) is 11.0. The molecule has 1 aromatic heterocycles. The molecule has 0 saturated heterocycles. The second-order valence-electron chi connectivity index (χ2n) is 2.40. The van der Waals surface area contributed by atoms with Gasteiger partial charge in [0.05, 0.1) is 6.54 Å². The summed E-state index contributed by atoms with van der Waals surface area (Å²) < 4.78 is 0. The van der Waals surface area contributed by atoms with Crippen LogP contribution in [0.2, 0.25) is 0 Å². The fourth-order valence-electron chi connectivity index (χ4n) is 0.694. The number of hydrogen-bond acceptors (Lipinski definition) is 3. The van der Waals surface area contributed by atoms with Crippen molar-refractivity contribution in [3.63, 3.8) is 0 Å². The first-order valence-corrected chi connectivity index (χ1v) is 4.19. The number of nitrogens with zero attached hydrogens (tertiary/aromatic N) is 3. The van der Waals surface area contributed by atoms with E-state index >= 15 is 0 Å². The standard InChI is InChI=1S/C7H11N3.C2H6/c1-10(2)6-7-8-4-3-5-9-7;1-2/h3-5H,6H2,1-2H3;1-2H3. The maximum absolute atomic E-state index is 4.07. The van der Waals surface area contributed by atoms with Crippen molar-refractivity contribution in [3.05, 3.63) is 24.3 Å². The lowest BCUT2D eigenvalue weighted by Gasteiger charge is -2.06. The molecule has 0 atom stereocenters. The molecule has 0 radical (unpaired) electrons. The van der Waals surface area contributed by atoms with Gasteiger partial charge in [0.15, 0.2) is 0 Å².